The maximum Gasteiger partial charge on any atom is 0.352 e. The quantitative estimate of drug-likeness (QED) is 0.494. The zero-order chi connectivity index (χ0) is 15.3. The number of H-pyrrole nitrogens is 1. The van der Waals surface area contributed by atoms with Crippen LogP contribution in [0.2, 0.25) is 0 Å². The van der Waals surface area contributed by atoms with Crippen molar-refractivity contribution < 1.29 is 18.3 Å². The van der Waals surface area contributed by atoms with Gasteiger partial charge in [0.1, 0.15) is 10.6 Å². The van der Waals surface area contributed by atoms with Crippen LogP contribution in [-0.4, -0.2) is 68.6 Å². The molecule has 0 aromatic carbocycles. The summed E-state index contributed by atoms with van der Waals surface area (Å²) in [4.78, 5) is 15.4. The van der Waals surface area contributed by atoms with Crippen LogP contribution in [0.1, 0.15) is 16.9 Å². The van der Waals surface area contributed by atoms with Gasteiger partial charge < -0.3 is 20.3 Å². The van der Waals surface area contributed by atoms with Gasteiger partial charge in [0.25, 0.3) is 0 Å². The van der Waals surface area contributed by atoms with Crippen molar-refractivity contribution in [2.24, 2.45) is 0 Å². The van der Waals surface area contributed by atoms with E-state index < -0.39 is 16.0 Å². The second-order valence-corrected chi connectivity index (χ2v) is 6.66. The van der Waals surface area contributed by atoms with Crippen molar-refractivity contribution in [1.82, 2.24) is 19.9 Å². The first-order chi connectivity index (χ1) is 9.99. The molecule has 0 unspecified atom stereocenters. The molecule has 1 aromatic heterocycles. The molecule has 0 radical (unpaired) electrons. The Kier molecular flexibility index (Phi) is 5.34. The van der Waals surface area contributed by atoms with Crippen LogP contribution in [0.25, 0.3) is 0 Å². The highest BCUT2D eigenvalue weighted by molar-refractivity contribution is 7.89. The topological polar surface area (TPSA) is 115 Å². The summed E-state index contributed by atoms with van der Waals surface area (Å²) in [6.45, 7) is 5.07. The Morgan fingerprint density at radius 1 is 1.38 bits per heavy atom. The first kappa shape index (κ1) is 16.0. The number of sulfonamides is 1. The predicted molar refractivity (Wildman–Crippen MR) is 76.9 cm³/mol. The van der Waals surface area contributed by atoms with Gasteiger partial charge in [-0.1, -0.05) is 0 Å². The van der Waals surface area contributed by atoms with Gasteiger partial charge in [0.2, 0.25) is 10.0 Å². The van der Waals surface area contributed by atoms with E-state index in [4.69, 9.17) is 5.11 Å². The van der Waals surface area contributed by atoms with Gasteiger partial charge in [-0.3, -0.25) is 0 Å². The van der Waals surface area contributed by atoms with Crippen LogP contribution >= 0.6 is 0 Å². The highest BCUT2D eigenvalue weighted by atomic mass is 32.2. The van der Waals surface area contributed by atoms with Crippen molar-refractivity contribution in [3.8, 4) is 0 Å². The molecule has 21 heavy (non-hydrogen) atoms. The summed E-state index contributed by atoms with van der Waals surface area (Å²) >= 11 is 0. The van der Waals surface area contributed by atoms with Crippen LogP contribution in [0.4, 0.5) is 0 Å². The van der Waals surface area contributed by atoms with Crippen LogP contribution in [0, 0.1) is 0 Å². The molecule has 2 heterocycles. The minimum Gasteiger partial charge on any atom is -0.477 e. The number of nitrogens with zero attached hydrogens (tertiary/aromatic N) is 1. The summed E-state index contributed by atoms with van der Waals surface area (Å²) < 4.78 is 26.4. The number of aromatic nitrogens is 1. The zero-order valence-corrected chi connectivity index (χ0v) is 12.4. The van der Waals surface area contributed by atoms with Crippen molar-refractivity contribution >= 4 is 16.0 Å². The smallest absolute Gasteiger partial charge is 0.352 e. The molecule has 0 atom stereocenters. The van der Waals surface area contributed by atoms with Crippen molar-refractivity contribution in [2.75, 3.05) is 39.3 Å². The average molecular weight is 316 g/mol. The standard InChI is InChI=1S/C12H20N4O4S/c17-12(18)11-8-10(9-14-11)21(19,20)15-2-1-5-16-6-3-13-4-7-16/h8-9,13-15H,1-7H2,(H,17,18). The Balaban J connectivity index is 1.79. The van der Waals surface area contributed by atoms with Crippen molar-refractivity contribution in [3.05, 3.63) is 18.0 Å². The molecule has 0 spiro atoms. The first-order valence-corrected chi connectivity index (χ1v) is 8.32. The number of piperazine rings is 1. The summed E-state index contributed by atoms with van der Waals surface area (Å²) in [5.41, 5.74) is -0.142. The Morgan fingerprint density at radius 3 is 2.71 bits per heavy atom. The molecule has 1 aromatic rings. The fourth-order valence-corrected chi connectivity index (χ4v) is 3.25. The van der Waals surface area contributed by atoms with Gasteiger partial charge in [-0.05, 0) is 19.0 Å². The van der Waals surface area contributed by atoms with Crippen molar-refractivity contribution in [1.29, 1.82) is 0 Å². The highest BCUT2D eigenvalue weighted by Crippen LogP contribution is 2.10. The van der Waals surface area contributed by atoms with Crippen LogP contribution in [0.3, 0.4) is 0 Å². The van der Waals surface area contributed by atoms with Gasteiger partial charge >= 0.3 is 5.97 Å². The van der Waals surface area contributed by atoms with Crippen LogP contribution in [-0.2, 0) is 10.0 Å². The third kappa shape index (κ3) is 4.53. The van der Waals surface area contributed by atoms with E-state index in [0.717, 1.165) is 45.2 Å². The number of aromatic carboxylic acids is 1. The highest BCUT2D eigenvalue weighted by Gasteiger charge is 2.18. The largest absolute Gasteiger partial charge is 0.477 e. The van der Waals surface area contributed by atoms with E-state index in [-0.39, 0.29) is 10.6 Å². The molecule has 2 rings (SSSR count). The molecule has 8 nitrogen and oxygen atoms in total. The molecule has 0 amide bonds. The van der Waals surface area contributed by atoms with E-state index in [2.05, 4.69) is 19.9 Å². The second kappa shape index (κ2) is 7.03. The molecule has 4 N–H and O–H groups in total. The number of carboxylic acids is 1. The van der Waals surface area contributed by atoms with E-state index in [1.165, 1.54) is 6.20 Å². The van der Waals surface area contributed by atoms with Gasteiger partial charge in [0.05, 0.1) is 0 Å². The lowest BCUT2D eigenvalue weighted by Crippen LogP contribution is -2.44. The van der Waals surface area contributed by atoms with E-state index in [1.54, 1.807) is 0 Å². The summed E-state index contributed by atoms with van der Waals surface area (Å²) in [6, 6.07) is 1.11. The first-order valence-electron chi connectivity index (χ1n) is 6.83. The van der Waals surface area contributed by atoms with E-state index >= 15 is 0 Å². The average Bonchev–Trinajstić information content (AvgIpc) is 2.96. The van der Waals surface area contributed by atoms with Gasteiger partial charge in [0.15, 0.2) is 0 Å². The maximum atomic E-state index is 12.0. The van der Waals surface area contributed by atoms with Gasteiger partial charge in [0, 0.05) is 38.9 Å². The third-order valence-corrected chi connectivity index (χ3v) is 4.79. The number of rotatable bonds is 7. The molecule has 1 aliphatic rings. The number of hydrogen-bond donors (Lipinski definition) is 4. The van der Waals surface area contributed by atoms with Crippen LogP contribution in [0.5, 0.6) is 0 Å². The molecular weight excluding hydrogens is 296 g/mol. The van der Waals surface area contributed by atoms with Crippen molar-refractivity contribution in [2.45, 2.75) is 11.3 Å². The molecule has 1 aliphatic heterocycles. The lowest BCUT2D eigenvalue weighted by Gasteiger charge is -2.26. The fraction of sp³-hybridized carbons (Fsp3) is 0.583. The number of carboxylic acid groups (broad SMARTS) is 1. The SMILES string of the molecule is O=C(O)c1cc(S(=O)(=O)NCCCN2CCNCC2)c[nH]1. The molecule has 0 bridgehead atoms. The molecule has 0 aliphatic carbocycles. The Morgan fingerprint density at radius 2 is 2.10 bits per heavy atom. The third-order valence-electron chi connectivity index (χ3n) is 3.35. The Hall–Kier alpha value is -1.42. The minimum absolute atomic E-state index is 0.0536. The van der Waals surface area contributed by atoms with E-state index in [0.29, 0.717) is 6.54 Å². The lowest BCUT2D eigenvalue weighted by atomic mass is 10.3. The van der Waals surface area contributed by atoms with Crippen LogP contribution < -0.4 is 10.0 Å². The molecule has 9 heteroatoms. The Bertz CT molecular complexity index is 578. The molecule has 1 saturated heterocycles. The zero-order valence-electron chi connectivity index (χ0n) is 11.6. The molecule has 1 fully saturated rings. The normalized spacial score (nSPS) is 17.0. The van der Waals surface area contributed by atoms with E-state index in [9.17, 15) is 13.2 Å². The number of hydrogen-bond acceptors (Lipinski definition) is 5. The lowest BCUT2D eigenvalue weighted by molar-refractivity contribution is 0.0691. The molecule has 118 valence electrons. The monoisotopic (exact) mass is 316 g/mol. The number of carbonyl (C=O) groups is 1. The predicted octanol–water partition coefficient (Wildman–Crippen LogP) is -0.713. The summed E-state index contributed by atoms with van der Waals surface area (Å²) in [6.07, 6.45) is 1.90. The number of aromatic amines is 1. The fourth-order valence-electron chi connectivity index (χ4n) is 2.18. The summed E-state index contributed by atoms with van der Waals surface area (Å²) in [7, 11) is -3.65. The molecular formula is C12H20N4O4S. The Labute approximate surface area is 123 Å². The van der Waals surface area contributed by atoms with Gasteiger partial charge in [-0.15, -0.1) is 0 Å². The summed E-state index contributed by atoms with van der Waals surface area (Å²) in [5, 5.41) is 12.0. The minimum atomic E-state index is -3.65. The van der Waals surface area contributed by atoms with E-state index in [1.807, 2.05) is 0 Å². The molecule has 0 saturated carbocycles. The van der Waals surface area contributed by atoms with Crippen molar-refractivity contribution in [3.63, 3.8) is 0 Å². The second-order valence-electron chi connectivity index (χ2n) is 4.90. The van der Waals surface area contributed by atoms with Gasteiger partial charge in [-0.2, -0.15) is 0 Å². The van der Waals surface area contributed by atoms with Crippen LogP contribution in [0.15, 0.2) is 17.2 Å². The van der Waals surface area contributed by atoms with Gasteiger partial charge in [-0.25, -0.2) is 17.9 Å². The number of nitrogens with one attached hydrogen (secondary N) is 3. The summed E-state index contributed by atoms with van der Waals surface area (Å²) in [5.74, 6) is -1.19. The maximum absolute atomic E-state index is 12.0.